The molecule has 0 aliphatic rings. The van der Waals surface area contributed by atoms with Crippen LogP contribution in [-0.4, -0.2) is 31.7 Å². The first kappa shape index (κ1) is 27.7. The van der Waals surface area contributed by atoms with Gasteiger partial charge in [0.05, 0.1) is 26.8 Å². The summed E-state index contributed by atoms with van der Waals surface area (Å²) in [5, 5.41) is 5.42. The molecule has 4 aromatic rings. The number of halogens is 3. The van der Waals surface area contributed by atoms with E-state index in [4.69, 9.17) is 34.8 Å². The first-order valence-electron chi connectivity index (χ1n) is 11.4. The predicted molar refractivity (Wildman–Crippen MR) is 153 cm³/mol. The number of carbonyl (C=O) groups excluding carboxylic acids is 1. The summed E-state index contributed by atoms with van der Waals surface area (Å²) in [4.78, 5) is 12.9. The molecule has 0 spiro atoms. The van der Waals surface area contributed by atoms with Gasteiger partial charge in [-0.2, -0.15) is 5.10 Å². The maximum Gasteiger partial charge on any atom is 0.264 e. The molecule has 7 nitrogen and oxygen atoms in total. The zero-order valence-corrected chi connectivity index (χ0v) is 23.5. The largest absolute Gasteiger partial charge is 0.318 e. The van der Waals surface area contributed by atoms with Gasteiger partial charge in [-0.3, -0.25) is 9.10 Å². The molecular formula is C27H23Cl3N4O3S. The lowest BCUT2D eigenvalue weighted by molar-refractivity contribution is -0.119. The molecule has 3 aromatic carbocycles. The topological polar surface area (TPSA) is 83.8 Å². The van der Waals surface area contributed by atoms with Crippen LogP contribution in [0.2, 0.25) is 15.1 Å². The van der Waals surface area contributed by atoms with Gasteiger partial charge in [0.25, 0.3) is 15.9 Å². The Bertz CT molecular complexity index is 1600. The number of hydrazone groups is 1. The number of rotatable bonds is 8. The summed E-state index contributed by atoms with van der Waals surface area (Å²) >= 11 is 18.2. The SMILES string of the molecule is Cc1cc(/C=N/NC(=O)CN(c2ccc(Cl)cc2)S(=O)(=O)c2ccccc2)c(C)n1-c1ccc(Cl)c(Cl)c1. The number of aromatic nitrogens is 1. The first-order chi connectivity index (χ1) is 18.1. The highest BCUT2D eigenvalue weighted by molar-refractivity contribution is 7.92. The van der Waals surface area contributed by atoms with Crippen molar-refractivity contribution in [2.75, 3.05) is 10.8 Å². The van der Waals surface area contributed by atoms with E-state index in [-0.39, 0.29) is 4.90 Å². The summed E-state index contributed by atoms with van der Waals surface area (Å²) in [6.45, 7) is 3.36. The van der Waals surface area contributed by atoms with E-state index in [1.807, 2.05) is 30.5 Å². The van der Waals surface area contributed by atoms with Crippen molar-refractivity contribution in [1.29, 1.82) is 0 Å². The molecule has 0 saturated carbocycles. The molecule has 0 aliphatic carbocycles. The van der Waals surface area contributed by atoms with Gasteiger partial charge < -0.3 is 4.57 Å². The van der Waals surface area contributed by atoms with Crippen LogP contribution in [0.1, 0.15) is 17.0 Å². The Morgan fingerprint density at radius 2 is 1.63 bits per heavy atom. The number of sulfonamides is 1. The molecule has 1 aromatic heterocycles. The number of hydrogen-bond acceptors (Lipinski definition) is 4. The molecule has 1 heterocycles. The van der Waals surface area contributed by atoms with Crippen molar-refractivity contribution >= 4 is 62.6 Å². The van der Waals surface area contributed by atoms with Gasteiger partial charge in [-0.15, -0.1) is 0 Å². The molecule has 11 heteroatoms. The van der Waals surface area contributed by atoms with Crippen LogP contribution in [0.3, 0.4) is 0 Å². The van der Waals surface area contributed by atoms with E-state index in [0.29, 0.717) is 20.8 Å². The number of nitrogens with one attached hydrogen (secondary N) is 1. The lowest BCUT2D eigenvalue weighted by Crippen LogP contribution is -2.39. The minimum Gasteiger partial charge on any atom is -0.318 e. The Kier molecular flexibility index (Phi) is 8.47. The third-order valence-corrected chi connectivity index (χ3v) is 8.54. The molecule has 0 saturated heterocycles. The third kappa shape index (κ3) is 6.05. The minimum atomic E-state index is -4.03. The Morgan fingerprint density at radius 3 is 2.29 bits per heavy atom. The molecular weight excluding hydrogens is 567 g/mol. The molecule has 0 aliphatic heterocycles. The number of benzene rings is 3. The second kappa shape index (κ2) is 11.6. The maximum absolute atomic E-state index is 13.4. The quantitative estimate of drug-likeness (QED) is 0.191. The van der Waals surface area contributed by atoms with Gasteiger partial charge in [-0.25, -0.2) is 13.8 Å². The van der Waals surface area contributed by atoms with Crippen LogP contribution in [0.5, 0.6) is 0 Å². The summed E-state index contributed by atoms with van der Waals surface area (Å²) in [5.74, 6) is -0.617. The Labute approximate surface area is 236 Å². The van der Waals surface area contributed by atoms with Crippen molar-refractivity contribution < 1.29 is 13.2 Å². The van der Waals surface area contributed by atoms with E-state index in [1.165, 1.54) is 30.5 Å². The summed E-state index contributed by atoms with van der Waals surface area (Å²) < 4.78 is 29.7. The van der Waals surface area contributed by atoms with E-state index < -0.39 is 22.5 Å². The van der Waals surface area contributed by atoms with Gasteiger partial charge in [-0.1, -0.05) is 53.0 Å². The van der Waals surface area contributed by atoms with Gasteiger partial charge in [0, 0.05) is 27.7 Å². The lowest BCUT2D eigenvalue weighted by atomic mass is 10.2. The molecule has 4 rings (SSSR count). The molecule has 1 amide bonds. The second-order valence-corrected chi connectivity index (χ2v) is 11.5. The molecule has 196 valence electrons. The standard InChI is InChI=1S/C27H23Cl3N4O3S/c1-18-14-20(19(2)34(18)23-12-13-25(29)26(30)15-23)16-31-32-27(35)17-33(22-10-8-21(28)9-11-22)38(36,37)24-6-4-3-5-7-24/h3-16H,17H2,1-2H3,(H,32,35)/b31-16+. The van der Waals surface area contributed by atoms with Gasteiger partial charge in [0.1, 0.15) is 6.54 Å². The molecule has 0 radical (unpaired) electrons. The van der Waals surface area contributed by atoms with Crippen molar-refractivity contribution in [3.05, 3.63) is 111 Å². The van der Waals surface area contributed by atoms with Crippen LogP contribution in [-0.2, 0) is 14.8 Å². The van der Waals surface area contributed by atoms with Crippen LogP contribution in [0.4, 0.5) is 5.69 Å². The number of amides is 1. The normalized spacial score (nSPS) is 11.6. The van der Waals surface area contributed by atoms with Crippen molar-refractivity contribution in [1.82, 2.24) is 9.99 Å². The summed E-state index contributed by atoms with van der Waals surface area (Å²) in [6, 6.07) is 21.3. The zero-order valence-electron chi connectivity index (χ0n) is 20.4. The van der Waals surface area contributed by atoms with Crippen LogP contribution >= 0.6 is 34.8 Å². The van der Waals surface area contributed by atoms with E-state index >= 15 is 0 Å². The monoisotopic (exact) mass is 588 g/mol. The van der Waals surface area contributed by atoms with Crippen molar-refractivity contribution in [3.63, 3.8) is 0 Å². The number of aryl methyl sites for hydroxylation is 1. The third-order valence-electron chi connectivity index (χ3n) is 5.76. The maximum atomic E-state index is 13.4. The smallest absolute Gasteiger partial charge is 0.264 e. The average Bonchev–Trinajstić information content (AvgIpc) is 3.18. The second-order valence-electron chi connectivity index (χ2n) is 8.35. The summed E-state index contributed by atoms with van der Waals surface area (Å²) in [6.07, 6.45) is 1.51. The van der Waals surface area contributed by atoms with Crippen molar-refractivity contribution in [3.8, 4) is 5.69 Å². The molecule has 38 heavy (non-hydrogen) atoms. The highest BCUT2D eigenvalue weighted by Gasteiger charge is 2.27. The van der Waals surface area contributed by atoms with Crippen LogP contribution < -0.4 is 9.73 Å². The molecule has 0 fully saturated rings. The number of hydrogen-bond donors (Lipinski definition) is 1. The fourth-order valence-corrected chi connectivity index (χ4v) is 5.78. The van der Waals surface area contributed by atoms with Crippen LogP contribution in [0.25, 0.3) is 5.69 Å². The highest BCUT2D eigenvalue weighted by Crippen LogP contribution is 2.28. The van der Waals surface area contributed by atoms with E-state index in [9.17, 15) is 13.2 Å². The van der Waals surface area contributed by atoms with Crippen molar-refractivity contribution in [2.45, 2.75) is 18.7 Å². The molecule has 0 unspecified atom stereocenters. The Morgan fingerprint density at radius 1 is 0.947 bits per heavy atom. The average molecular weight is 590 g/mol. The fraction of sp³-hybridized carbons (Fsp3) is 0.111. The van der Waals surface area contributed by atoms with Gasteiger partial charge in [-0.05, 0) is 74.5 Å². The summed E-state index contributed by atoms with van der Waals surface area (Å²) in [5.41, 5.74) is 6.12. The Hall–Kier alpha value is -3.30. The van der Waals surface area contributed by atoms with E-state index in [1.54, 1.807) is 42.5 Å². The molecule has 0 bridgehead atoms. The first-order valence-corrected chi connectivity index (χ1v) is 13.9. The number of nitrogens with zero attached hydrogens (tertiary/aromatic N) is 3. The predicted octanol–water partition coefficient (Wildman–Crippen LogP) is 6.40. The fourth-order valence-electron chi connectivity index (χ4n) is 3.92. The molecule has 0 atom stereocenters. The van der Waals surface area contributed by atoms with Crippen LogP contribution in [0.15, 0.2) is 88.9 Å². The highest BCUT2D eigenvalue weighted by atomic mass is 35.5. The van der Waals surface area contributed by atoms with Gasteiger partial charge in [0.2, 0.25) is 0 Å². The van der Waals surface area contributed by atoms with Gasteiger partial charge >= 0.3 is 0 Å². The number of carbonyl (C=O) groups is 1. The van der Waals surface area contributed by atoms with Crippen molar-refractivity contribution in [2.24, 2.45) is 5.10 Å². The zero-order chi connectivity index (χ0) is 27.4. The lowest BCUT2D eigenvalue weighted by Gasteiger charge is -2.23. The minimum absolute atomic E-state index is 0.0565. The summed E-state index contributed by atoms with van der Waals surface area (Å²) in [7, 11) is -4.03. The number of anilines is 1. The van der Waals surface area contributed by atoms with E-state index in [2.05, 4.69) is 10.5 Å². The van der Waals surface area contributed by atoms with Crippen LogP contribution in [0, 0.1) is 13.8 Å². The molecule has 1 N–H and O–H groups in total. The Balaban J connectivity index is 1.54. The van der Waals surface area contributed by atoms with Gasteiger partial charge in [0.15, 0.2) is 0 Å². The van der Waals surface area contributed by atoms with E-state index in [0.717, 1.165) is 26.9 Å².